The van der Waals surface area contributed by atoms with E-state index in [0.29, 0.717) is 17.9 Å². The summed E-state index contributed by atoms with van der Waals surface area (Å²) in [7, 11) is -3.66. The molecule has 0 bridgehead atoms. The van der Waals surface area contributed by atoms with Crippen molar-refractivity contribution in [3.63, 3.8) is 0 Å². The second kappa shape index (κ2) is 8.10. The summed E-state index contributed by atoms with van der Waals surface area (Å²) < 4.78 is 27.7. The average molecular weight is 451 g/mol. The number of carbonyl (C=O) groups is 2. The molecule has 2 amide bonds. The molecule has 0 spiro atoms. The number of halogens is 1. The van der Waals surface area contributed by atoms with Gasteiger partial charge in [0.2, 0.25) is 15.9 Å². The Morgan fingerprint density at radius 1 is 0.966 bits per heavy atom. The van der Waals surface area contributed by atoms with Crippen LogP contribution in [-0.2, 0) is 14.8 Å². The molecule has 2 aliphatic rings. The Hall–Kier alpha value is -1.87. The van der Waals surface area contributed by atoms with E-state index in [9.17, 15) is 18.0 Å². The summed E-state index contributed by atoms with van der Waals surface area (Å²) in [5.41, 5.74) is 1.68. The normalized spacial score (nSPS) is 19.1. The number of thioether (sulfide) groups is 1. The average Bonchev–Trinajstić information content (AvgIpc) is 3.07. The first kappa shape index (κ1) is 20.4. The predicted octanol–water partition coefficient (Wildman–Crippen LogP) is 3.86. The molecule has 0 saturated carbocycles. The molecule has 0 aromatic heterocycles. The molecule has 0 N–H and O–H groups in total. The van der Waals surface area contributed by atoms with Gasteiger partial charge in [0.05, 0.1) is 10.6 Å². The lowest BCUT2D eigenvalue weighted by Crippen LogP contribution is -2.48. The molecule has 9 heteroatoms. The van der Waals surface area contributed by atoms with Crippen LogP contribution in [0.3, 0.4) is 0 Å². The molecule has 2 heterocycles. The van der Waals surface area contributed by atoms with Crippen LogP contribution in [0.15, 0.2) is 53.4 Å². The van der Waals surface area contributed by atoms with Gasteiger partial charge < -0.3 is 0 Å². The molecule has 2 aromatic carbocycles. The number of sulfonamides is 1. The maximum absolute atomic E-state index is 13.1. The van der Waals surface area contributed by atoms with E-state index < -0.39 is 10.0 Å². The van der Waals surface area contributed by atoms with E-state index in [1.807, 2.05) is 18.2 Å². The molecular formula is C20H19ClN2O4S2. The fourth-order valence-corrected chi connectivity index (χ4v) is 6.10. The lowest BCUT2D eigenvalue weighted by atomic mass is 10.1. The Labute approximate surface area is 178 Å². The fourth-order valence-electron chi connectivity index (χ4n) is 3.69. The summed E-state index contributed by atoms with van der Waals surface area (Å²) in [6.45, 7) is 0.555. The van der Waals surface area contributed by atoms with E-state index in [1.165, 1.54) is 9.21 Å². The van der Waals surface area contributed by atoms with Gasteiger partial charge in [-0.05, 0) is 48.2 Å². The molecule has 0 atom stereocenters. The molecule has 152 valence electrons. The van der Waals surface area contributed by atoms with Crippen LogP contribution in [0.4, 0.5) is 4.79 Å². The first-order valence-corrected chi connectivity index (χ1v) is 12.0. The quantitative estimate of drug-likeness (QED) is 0.707. The Morgan fingerprint density at radius 2 is 1.66 bits per heavy atom. The van der Waals surface area contributed by atoms with Gasteiger partial charge in [0.25, 0.3) is 5.24 Å². The van der Waals surface area contributed by atoms with Gasteiger partial charge in [-0.2, -0.15) is 4.31 Å². The SMILES string of the molecule is O=C1CSC(=O)N1C1CCN(S(=O)(=O)c2cccc(-c3ccc(Cl)cc3)c2)CC1. The largest absolute Gasteiger partial charge is 0.289 e. The summed E-state index contributed by atoms with van der Waals surface area (Å²) in [5.74, 6) is -0.00793. The van der Waals surface area contributed by atoms with Crippen molar-refractivity contribution in [3.05, 3.63) is 53.6 Å². The molecule has 0 unspecified atom stereocenters. The fraction of sp³-hybridized carbons (Fsp3) is 0.300. The van der Waals surface area contributed by atoms with Gasteiger partial charge >= 0.3 is 0 Å². The maximum atomic E-state index is 13.1. The van der Waals surface area contributed by atoms with Gasteiger partial charge in [0, 0.05) is 24.2 Å². The Balaban J connectivity index is 1.51. The number of rotatable bonds is 4. The highest BCUT2D eigenvalue weighted by Gasteiger charge is 2.39. The van der Waals surface area contributed by atoms with E-state index >= 15 is 0 Å². The molecule has 6 nitrogen and oxygen atoms in total. The van der Waals surface area contributed by atoms with Crippen LogP contribution in [-0.4, -0.2) is 53.7 Å². The van der Waals surface area contributed by atoms with Crippen LogP contribution >= 0.6 is 23.4 Å². The van der Waals surface area contributed by atoms with Crippen LogP contribution in [0.25, 0.3) is 11.1 Å². The van der Waals surface area contributed by atoms with Crippen LogP contribution < -0.4 is 0 Å². The zero-order valence-electron chi connectivity index (χ0n) is 15.5. The van der Waals surface area contributed by atoms with Crippen molar-refractivity contribution in [1.29, 1.82) is 0 Å². The minimum absolute atomic E-state index is 0.175. The molecule has 4 rings (SSSR count). The first-order chi connectivity index (χ1) is 13.9. The van der Waals surface area contributed by atoms with Crippen molar-refractivity contribution in [2.24, 2.45) is 0 Å². The topological polar surface area (TPSA) is 74.8 Å². The maximum Gasteiger partial charge on any atom is 0.289 e. The summed E-state index contributed by atoms with van der Waals surface area (Å²) in [6, 6.07) is 13.8. The van der Waals surface area contributed by atoms with Gasteiger partial charge in [-0.25, -0.2) is 8.42 Å². The lowest BCUT2D eigenvalue weighted by Gasteiger charge is -2.34. The molecule has 2 saturated heterocycles. The number of nitrogens with zero attached hydrogens (tertiary/aromatic N) is 2. The monoisotopic (exact) mass is 450 g/mol. The molecule has 29 heavy (non-hydrogen) atoms. The standard InChI is InChI=1S/C20H19ClN2O4S2/c21-16-6-4-14(5-7-16)15-2-1-3-18(12-15)29(26,27)22-10-8-17(9-11-22)23-19(24)13-28-20(23)25/h1-7,12,17H,8-11,13H2. The molecule has 0 radical (unpaired) electrons. The van der Waals surface area contributed by atoms with Crippen molar-refractivity contribution in [3.8, 4) is 11.1 Å². The summed E-state index contributed by atoms with van der Waals surface area (Å²) >= 11 is 6.94. The highest BCUT2D eigenvalue weighted by atomic mass is 35.5. The van der Waals surface area contributed by atoms with Crippen LogP contribution in [0.1, 0.15) is 12.8 Å². The van der Waals surface area contributed by atoms with Gasteiger partial charge in [-0.15, -0.1) is 0 Å². The van der Waals surface area contributed by atoms with Crippen molar-refractivity contribution < 1.29 is 18.0 Å². The van der Waals surface area contributed by atoms with E-state index in [2.05, 4.69) is 0 Å². The van der Waals surface area contributed by atoms with Gasteiger partial charge in [-0.3, -0.25) is 14.5 Å². The summed E-state index contributed by atoms with van der Waals surface area (Å²) in [5, 5.41) is 0.390. The Kier molecular flexibility index (Phi) is 5.70. The molecular weight excluding hydrogens is 432 g/mol. The number of hydrogen-bond acceptors (Lipinski definition) is 5. The van der Waals surface area contributed by atoms with E-state index in [1.54, 1.807) is 30.3 Å². The van der Waals surface area contributed by atoms with Gasteiger partial charge in [0.15, 0.2) is 0 Å². The predicted molar refractivity (Wildman–Crippen MR) is 113 cm³/mol. The Bertz CT molecular complexity index is 1030. The zero-order chi connectivity index (χ0) is 20.6. The lowest BCUT2D eigenvalue weighted by molar-refractivity contribution is -0.126. The van der Waals surface area contributed by atoms with Crippen molar-refractivity contribution in [2.45, 2.75) is 23.8 Å². The zero-order valence-corrected chi connectivity index (χ0v) is 17.8. The highest BCUT2D eigenvalue weighted by Crippen LogP contribution is 2.30. The van der Waals surface area contributed by atoms with Crippen LogP contribution in [0.2, 0.25) is 5.02 Å². The minimum atomic E-state index is -3.66. The molecule has 0 aliphatic carbocycles. The van der Waals surface area contributed by atoms with Crippen molar-refractivity contribution >= 4 is 44.5 Å². The van der Waals surface area contributed by atoms with Crippen LogP contribution in [0.5, 0.6) is 0 Å². The smallest absolute Gasteiger partial charge is 0.273 e. The van der Waals surface area contributed by atoms with Gasteiger partial charge in [0.1, 0.15) is 0 Å². The minimum Gasteiger partial charge on any atom is -0.273 e. The Morgan fingerprint density at radius 3 is 2.28 bits per heavy atom. The number of benzene rings is 2. The third kappa shape index (κ3) is 4.07. The second-order valence-electron chi connectivity index (χ2n) is 6.99. The highest BCUT2D eigenvalue weighted by molar-refractivity contribution is 8.14. The number of amides is 2. The first-order valence-electron chi connectivity index (χ1n) is 9.21. The number of imide groups is 1. The molecule has 2 fully saturated rings. The summed E-state index contributed by atoms with van der Waals surface area (Å²) in [4.78, 5) is 25.4. The third-order valence-corrected chi connectivity index (χ3v) is 8.20. The van der Waals surface area contributed by atoms with E-state index in [-0.39, 0.29) is 40.9 Å². The van der Waals surface area contributed by atoms with Crippen molar-refractivity contribution in [1.82, 2.24) is 9.21 Å². The summed E-state index contributed by atoms with van der Waals surface area (Å²) in [6.07, 6.45) is 0.905. The van der Waals surface area contributed by atoms with Crippen LogP contribution in [0, 0.1) is 0 Å². The molecule has 2 aliphatic heterocycles. The van der Waals surface area contributed by atoms with Crippen molar-refractivity contribution in [2.75, 3.05) is 18.8 Å². The number of hydrogen-bond donors (Lipinski definition) is 0. The second-order valence-corrected chi connectivity index (χ2v) is 10.3. The molecule has 2 aromatic rings. The van der Waals surface area contributed by atoms with E-state index in [4.69, 9.17) is 11.6 Å². The number of piperidine rings is 1. The van der Waals surface area contributed by atoms with Gasteiger partial charge in [-0.1, -0.05) is 47.6 Å². The van der Waals surface area contributed by atoms with E-state index in [0.717, 1.165) is 22.9 Å². The number of carbonyl (C=O) groups excluding carboxylic acids is 2. The third-order valence-electron chi connectivity index (χ3n) is 5.22.